The maximum Gasteiger partial charge on any atom is 0.225 e. The van der Waals surface area contributed by atoms with Crippen molar-refractivity contribution in [1.29, 1.82) is 0 Å². The Hall–Kier alpha value is -1.10. The van der Waals surface area contributed by atoms with Crippen LogP contribution in [0.4, 0.5) is 0 Å². The monoisotopic (exact) mass is 296 g/mol. The van der Waals surface area contributed by atoms with Gasteiger partial charge in [-0.15, -0.1) is 0 Å². The smallest absolute Gasteiger partial charge is 0.225 e. The van der Waals surface area contributed by atoms with Gasteiger partial charge in [0.1, 0.15) is 0 Å². The van der Waals surface area contributed by atoms with Crippen LogP contribution in [0, 0.1) is 17.3 Å². The first-order valence-electron chi connectivity index (χ1n) is 8.15. The van der Waals surface area contributed by atoms with Crippen molar-refractivity contribution in [1.82, 2.24) is 10.2 Å². The third-order valence-electron chi connectivity index (χ3n) is 4.83. The Balaban J connectivity index is 1.81. The maximum absolute atomic E-state index is 12.3. The van der Waals surface area contributed by atoms with Gasteiger partial charge in [0.25, 0.3) is 0 Å². The first-order valence-corrected chi connectivity index (χ1v) is 8.15. The summed E-state index contributed by atoms with van der Waals surface area (Å²) in [6.07, 6.45) is 4.72. The fourth-order valence-electron chi connectivity index (χ4n) is 3.10. The highest BCUT2D eigenvalue weighted by molar-refractivity contribution is 5.82. The van der Waals surface area contributed by atoms with Crippen molar-refractivity contribution in [2.45, 2.75) is 46.0 Å². The summed E-state index contributed by atoms with van der Waals surface area (Å²) in [5.74, 6) is 0.129. The van der Waals surface area contributed by atoms with Crippen molar-refractivity contribution < 1.29 is 14.7 Å². The van der Waals surface area contributed by atoms with Gasteiger partial charge >= 0.3 is 0 Å². The van der Waals surface area contributed by atoms with Crippen molar-refractivity contribution in [3.05, 3.63) is 0 Å². The molecular weight excluding hydrogens is 268 g/mol. The Labute approximate surface area is 127 Å². The molecule has 5 nitrogen and oxygen atoms in total. The summed E-state index contributed by atoms with van der Waals surface area (Å²) in [6, 6.07) is 0. The highest BCUT2D eigenvalue weighted by Crippen LogP contribution is 2.47. The number of aliphatic hydroxyl groups excluding tert-OH is 1. The van der Waals surface area contributed by atoms with E-state index in [9.17, 15) is 9.59 Å². The van der Waals surface area contributed by atoms with E-state index in [0.717, 1.165) is 38.6 Å². The van der Waals surface area contributed by atoms with Gasteiger partial charge in [0.15, 0.2) is 0 Å². The molecule has 0 bridgehead atoms. The molecule has 1 aliphatic carbocycles. The van der Waals surface area contributed by atoms with Crippen LogP contribution in [-0.4, -0.2) is 48.1 Å². The highest BCUT2D eigenvalue weighted by atomic mass is 16.3. The van der Waals surface area contributed by atoms with E-state index in [1.54, 1.807) is 0 Å². The van der Waals surface area contributed by atoms with Crippen molar-refractivity contribution in [2.24, 2.45) is 17.3 Å². The molecule has 120 valence electrons. The average Bonchev–Trinajstić information content (AvgIpc) is 3.24. The fourth-order valence-corrected chi connectivity index (χ4v) is 3.10. The first kappa shape index (κ1) is 16.3. The molecule has 1 heterocycles. The van der Waals surface area contributed by atoms with E-state index in [0.29, 0.717) is 13.1 Å². The molecule has 2 amide bonds. The number of amides is 2. The van der Waals surface area contributed by atoms with E-state index >= 15 is 0 Å². The van der Waals surface area contributed by atoms with Gasteiger partial charge in [-0.3, -0.25) is 9.59 Å². The molecule has 1 saturated heterocycles. The summed E-state index contributed by atoms with van der Waals surface area (Å²) in [4.78, 5) is 26.2. The SMILES string of the molecule is CC(C)C(=O)N1CCCC(C(=O)NCC2(CCO)CC2)C1. The van der Waals surface area contributed by atoms with Gasteiger partial charge in [-0.1, -0.05) is 13.8 Å². The van der Waals surface area contributed by atoms with Crippen LogP contribution >= 0.6 is 0 Å². The normalized spacial score (nSPS) is 24.0. The minimum atomic E-state index is -0.0774. The maximum atomic E-state index is 12.3. The van der Waals surface area contributed by atoms with Crippen LogP contribution in [0.2, 0.25) is 0 Å². The molecule has 1 unspecified atom stereocenters. The Kier molecular flexibility index (Phi) is 5.25. The van der Waals surface area contributed by atoms with E-state index in [2.05, 4.69) is 5.32 Å². The second-order valence-electron chi connectivity index (χ2n) is 6.97. The lowest BCUT2D eigenvalue weighted by Gasteiger charge is -2.33. The molecule has 1 aliphatic heterocycles. The van der Waals surface area contributed by atoms with Crippen LogP contribution in [-0.2, 0) is 9.59 Å². The summed E-state index contributed by atoms with van der Waals surface area (Å²) in [7, 11) is 0. The van der Waals surface area contributed by atoms with Crippen LogP contribution < -0.4 is 5.32 Å². The van der Waals surface area contributed by atoms with Crippen molar-refractivity contribution in [3.63, 3.8) is 0 Å². The summed E-state index contributed by atoms with van der Waals surface area (Å²) in [5, 5.41) is 12.1. The number of hydrogen-bond acceptors (Lipinski definition) is 3. The second-order valence-corrected chi connectivity index (χ2v) is 6.97. The molecule has 2 fully saturated rings. The molecule has 2 N–H and O–H groups in total. The number of hydrogen-bond donors (Lipinski definition) is 2. The van der Waals surface area contributed by atoms with Crippen LogP contribution in [0.15, 0.2) is 0 Å². The van der Waals surface area contributed by atoms with E-state index < -0.39 is 0 Å². The molecule has 1 saturated carbocycles. The molecule has 0 aromatic heterocycles. The molecule has 0 spiro atoms. The summed E-state index contributed by atoms with van der Waals surface area (Å²) in [6.45, 7) is 5.98. The number of piperidine rings is 1. The zero-order valence-corrected chi connectivity index (χ0v) is 13.2. The van der Waals surface area contributed by atoms with Gasteiger partial charge in [0.05, 0.1) is 5.92 Å². The lowest BCUT2D eigenvalue weighted by Crippen LogP contribution is -2.47. The number of carbonyl (C=O) groups is 2. The molecule has 1 atom stereocenters. The third kappa shape index (κ3) is 4.19. The van der Waals surface area contributed by atoms with Gasteiger partial charge in [-0.25, -0.2) is 0 Å². The van der Waals surface area contributed by atoms with Gasteiger partial charge in [0, 0.05) is 32.2 Å². The first-order chi connectivity index (χ1) is 9.97. The Morgan fingerprint density at radius 1 is 1.38 bits per heavy atom. The summed E-state index contributed by atoms with van der Waals surface area (Å²) >= 11 is 0. The number of aliphatic hydroxyl groups is 1. The molecule has 5 heteroatoms. The molecule has 2 rings (SSSR count). The highest BCUT2D eigenvalue weighted by Gasteiger charge is 2.42. The number of rotatable bonds is 6. The Bertz CT molecular complexity index is 391. The zero-order valence-electron chi connectivity index (χ0n) is 13.2. The predicted octanol–water partition coefficient (Wildman–Crippen LogP) is 1.16. The Morgan fingerprint density at radius 3 is 2.67 bits per heavy atom. The quantitative estimate of drug-likeness (QED) is 0.773. The second kappa shape index (κ2) is 6.77. The number of nitrogens with zero attached hydrogens (tertiary/aromatic N) is 1. The summed E-state index contributed by atoms with van der Waals surface area (Å²) in [5.41, 5.74) is 0.145. The fraction of sp³-hybridized carbons (Fsp3) is 0.875. The topological polar surface area (TPSA) is 69.6 Å². The van der Waals surface area contributed by atoms with Gasteiger partial charge in [-0.2, -0.15) is 0 Å². The Morgan fingerprint density at radius 2 is 2.10 bits per heavy atom. The predicted molar refractivity (Wildman–Crippen MR) is 80.5 cm³/mol. The number of likely N-dealkylation sites (tertiary alicyclic amines) is 1. The van der Waals surface area contributed by atoms with Crippen molar-refractivity contribution >= 4 is 11.8 Å². The molecule has 0 radical (unpaired) electrons. The zero-order chi connectivity index (χ0) is 15.5. The van der Waals surface area contributed by atoms with E-state index in [4.69, 9.17) is 5.11 Å². The van der Waals surface area contributed by atoms with Crippen LogP contribution in [0.3, 0.4) is 0 Å². The molecule has 0 aromatic rings. The van der Waals surface area contributed by atoms with Crippen LogP contribution in [0.1, 0.15) is 46.0 Å². The van der Waals surface area contributed by atoms with Crippen molar-refractivity contribution in [2.75, 3.05) is 26.2 Å². The summed E-state index contributed by atoms with van der Waals surface area (Å²) < 4.78 is 0. The van der Waals surface area contributed by atoms with Crippen LogP contribution in [0.25, 0.3) is 0 Å². The van der Waals surface area contributed by atoms with Gasteiger partial charge in [0.2, 0.25) is 11.8 Å². The molecule has 2 aliphatic rings. The van der Waals surface area contributed by atoms with Gasteiger partial charge in [-0.05, 0) is 37.5 Å². The minimum absolute atomic E-state index is 0.00824. The lowest BCUT2D eigenvalue weighted by molar-refractivity contribution is -0.138. The average molecular weight is 296 g/mol. The molecular formula is C16H28N2O3. The molecule has 21 heavy (non-hydrogen) atoms. The van der Waals surface area contributed by atoms with E-state index in [-0.39, 0.29) is 35.7 Å². The molecule has 0 aromatic carbocycles. The van der Waals surface area contributed by atoms with E-state index in [1.165, 1.54) is 0 Å². The standard InChI is InChI=1S/C16H28N2O3/c1-12(2)15(21)18-8-3-4-13(10-18)14(20)17-11-16(5-6-16)7-9-19/h12-13,19H,3-11H2,1-2H3,(H,17,20). The lowest BCUT2D eigenvalue weighted by atomic mass is 9.95. The minimum Gasteiger partial charge on any atom is -0.396 e. The van der Waals surface area contributed by atoms with E-state index in [1.807, 2.05) is 18.7 Å². The van der Waals surface area contributed by atoms with Crippen LogP contribution in [0.5, 0.6) is 0 Å². The largest absolute Gasteiger partial charge is 0.396 e. The third-order valence-corrected chi connectivity index (χ3v) is 4.83. The van der Waals surface area contributed by atoms with Gasteiger partial charge < -0.3 is 15.3 Å². The number of nitrogens with one attached hydrogen (secondary N) is 1. The van der Waals surface area contributed by atoms with Crippen molar-refractivity contribution in [3.8, 4) is 0 Å². The number of carbonyl (C=O) groups excluding carboxylic acids is 2.